The molecule has 4 aromatic carbocycles. The van der Waals surface area contributed by atoms with Crippen molar-refractivity contribution < 1.29 is 0 Å². The van der Waals surface area contributed by atoms with Gasteiger partial charge in [-0.15, -0.1) is 0 Å². The largest absolute Gasteiger partial charge is 0.289 e. The van der Waals surface area contributed by atoms with Gasteiger partial charge in [-0.3, -0.25) is 4.90 Å². The Morgan fingerprint density at radius 2 is 1.06 bits per heavy atom. The van der Waals surface area contributed by atoms with Crippen LogP contribution in [0.4, 0.5) is 11.4 Å². The number of nitrogens with zero attached hydrogens (tertiary/aromatic N) is 3. The maximum absolute atomic E-state index is 5.04. The molecule has 1 unspecified atom stereocenters. The normalized spacial score (nSPS) is 15.7. The Balaban J connectivity index is 1.64. The van der Waals surface area contributed by atoms with Gasteiger partial charge in [-0.1, -0.05) is 109 Å². The first-order valence-electron chi connectivity index (χ1n) is 10.2. The molecule has 0 N–H and O–H groups in total. The molecule has 0 amide bonds. The van der Waals surface area contributed by atoms with Crippen molar-refractivity contribution in [1.82, 2.24) is 0 Å². The number of amidine groups is 2. The molecule has 1 heterocycles. The molecule has 0 aromatic heterocycles. The summed E-state index contributed by atoms with van der Waals surface area (Å²) in [5, 5.41) is 0.832. The minimum absolute atomic E-state index is 0.0705. The van der Waals surface area contributed by atoms with E-state index in [1.807, 2.05) is 36.4 Å². The summed E-state index contributed by atoms with van der Waals surface area (Å²) in [4.78, 5) is 12.3. The number of hydrogen-bond acceptors (Lipinski definition) is 4. The molecule has 3 nitrogen and oxygen atoms in total. The molecule has 0 bridgehead atoms. The first kappa shape index (κ1) is 19.3. The van der Waals surface area contributed by atoms with E-state index in [2.05, 4.69) is 89.8 Å². The number of hydrogen-bond donors (Lipinski definition) is 0. The van der Waals surface area contributed by atoms with Crippen molar-refractivity contribution in [3.63, 3.8) is 0 Å². The number of anilines is 2. The highest BCUT2D eigenvalue weighted by molar-refractivity contribution is 8.14. The van der Waals surface area contributed by atoms with Crippen LogP contribution in [0.3, 0.4) is 0 Å². The SMILES string of the molecule is c1ccc(C2=NC(c3ccccc3)SC(N(c3ccccc3)c3ccccc3)=N2)cc1. The lowest BCUT2D eigenvalue weighted by Gasteiger charge is -2.30. The number of aliphatic imine (C=N–C) groups is 2. The third kappa shape index (κ3) is 4.30. The van der Waals surface area contributed by atoms with Crippen molar-refractivity contribution in [2.24, 2.45) is 9.98 Å². The van der Waals surface area contributed by atoms with Gasteiger partial charge in [0.25, 0.3) is 0 Å². The van der Waals surface area contributed by atoms with E-state index in [0.29, 0.717) is 0 Å². The molecule has 0 radical (unpaired) electrons. The van der Waals surface area contributed by atoms with Gasteiger partial charge in [0.1, 0.15) is 5.37 Å². The zero-order chi connectivity index (χ0) is 20.9. The molecule has 0 fully saturated rings. The van der Waals surface area contributed by atoms with Crippen molar-refractivity contribution in [2.75, 3.05) is 4.90 Å². The second-order valence-corrected chi connectivity index (χ2v) is 8.15. The van der Waals surface area contributed by atoms with E-state index in [0.717, 1.165) is 33.5 Å². The van der Waals surface area contributed by atoms with E-state index in [1.165, 1.54) is 0 Å². The van der Waals surface area contributed by atoms with Gasteiger partial charge in [0, 0.05) is 16.9 Å². The lowest BCUT2D eigenvalue weighted by atomic mass is 10.2. The first-order chi connectivity index (χ1) is 15.4. The highest BCUT2D eigenvalue weighted by Gasteiger charge is 2.27. The minimum Gasteiger partial charge on any atom is -0.289 e. The van der Waals surface area contributed by atoms with Crippen LogP contribution in [-0.4, -0.2) is 11.0 Å². The molecule has 0 saturated carbocycles. The van der Waals surface area contributed by atoms with Crippen LogP contribution in [0.15, 0.2) is 131 Å². The molecule has 4 heteroatoms. The fourth-order valence-corrected chi connectivity index (χ4v) is 4.60. The van der Waals surface area contributed by atoms with E-state index in [9.17, 15) is 0 Å². The van der Waals surface area contributed by atoms with Crippen molar-refractivity contribution >= 4 is 34.1 Å². The quantitative estimate of drug-likeness (QED) is 0.354. The van der Waals surface area contributed by atoms with Crippen molar-refractivity contribution in [1.29, 1.82) is 0 Å². The van der Waals surface area contributed by atoms with Crippen LogP contribution >= 0.6 is 11.8 Å². The third-order valence-corrected chi connectivity index (χ3v) is 6.08. The summed E-state index contributed by atoms with van der Waals surface area (Å²) >= 11 is 1.67. The van der Waals surface area contributed by atoms with Crippen molar-refractivity contribution in [2.45, 2.75) is 5.37 Å². The highest BCUT2D eigenvalue weighted by atomic mass is 32.2. The molecule has 0 spiro atoms. The molecule has 1 aliphatic heterocycles. The smallest absolute Gasteiger partial charge is 0.177 e. The Labute approximate surface area is 186 Å². The lowest BCUT2D eigenvalue weighted by molar-refractivity contribution is 1.03. The summed E-state index contributed by atoms with van der Waals surface area (Å²) < 4.78 is 0. The summed E-state index contributed by atoms with van der Waals surface area (Å²) in [5.41, 5.74) is 4.32. The van der Waals surface area contributed by atoms with Crippen LogP contribution in [0.1, 0.15) is 16.5 Å². The number of benzene rings is 4. The van der Waals surface area contributed by atoms with E-state index >= 15 is 0 Å². The van der Waals surface area contributed by atoms with E-state index < -0.39 is 0 Å². The average Bonchev–Trinajstić information content (AvgIpc) is 2.86. The number of para-hydroxylation sites is 2. The Hall–Kier alpha value is -3.63. The molecule has 31 heavy (non-hydrogen) atoms. The molecule has 1 atom stereocenters. The molecule has 1 aliphatic rings. The summed E-state index contributed by atoms with van der Waals surface area (Å²) in [5.74, 6) is 0.750. The molecule has 0 saturated heterocycles. The fourth-order valence-electron chi connectivity index (χ4n) is 3.50. The van der Waals surface area contributed by atoms with Crippen molar-refractivity contribution in [3.8, 4) is 0 Å². The standard InChI is InChI=1S/C27H21N3S/c1-5-13-21(14-6-1)25-28-26(22-15-7-2-8-16-22)31-27(29-25)30(23-17-9-3-10-18-23)24-19-11-4-12-20-24/h1-20,26H. The first-order valence-corrected chi connectivity index (χ1v) is 11.1. The highest BCUT2D eigenvalue weighted by Crippen LogP contribution is 2.40. The van der Waals surface area contributed by atoms with Crippen LogP contribution in [-0.2, 0) is 0 Å². The Bertz CT molecular complexity index is 1150. The van der Waals surface area contributed by atoms with Gasteiger partial charge in [-0.25, -0.2) is 9.98 Å². The van der Waals surface area contributed by atoms with E-state index in [-0.39, 0.29) is 5.37 Å². The van der Waals surface area contributed by atoms with Gasteiger partial charge in [-0.2, -0.15) is 0 Å². The molecule has 5 rings (SSSR count). The van der Waals surface area contributed by atoms with Gasteiger partial charge in [0.15, 0.2) is 11.0 Å². The summed E-state index contributed by atoms with van der Waals surface area (Å²) in [6.07, 6.45) is 0. The van der Waals surface area contributed by atoms with Gasteiger partial charge in [0.05, 0.1) is 0 Å². The molecular formula is C27H21N3S. The maximum Gasteiger partial charge on any atom is 0.177 e. The summed E-state index contributed by atoms with van der Waals surface area (Å²) in [6, 6.07) is 41.3. The Kier molecular flexibility index (Phi) is 5.63. The van der Waals surface area contributed by atoms with Crippen LogP contribution < -0.4 is 4.90 Å². The predicted octanol–water partition coefficient (Wildman–Crippen LogP) is 7.07. The lowest BCUT2D eigenvalue weighted by Crippen LogP contribution is -2.27. The Morgan fingerprint density at radius 1 is 0.581 bits per heavy atom. The molecule has 0 aliphatic carbocycles. The zero-order valence-electron chi connectivity index (χ0n) is 16.9. The van der Waals surface area contributed by atoms with Crippen LogP contribution in [0.5, 0.6) is 0 Å². The average molecular weight is 420 g/mol. The van der Waals surface area contributed by atoms with Crippen LogP contribution in [0.2, 0.25) is 0 Å². The molecule has 4 aromatic rings. The van der Waals surface area contributed by atoms with E-state index in [1.54, 1.807) is 11.8 Å². The topological polar surface area (TPSA) is 28.0 Å². The van der Waals surface area contributed by atoms with Gasteiger partial charge >= 0.3 is 0 Å². The minimum atomic E-state index is -0.0705. The monoisotopic (exact) mass is 419 g/mol. The molecular weight excluding hydrogens is 398 g/mol. The second-order valence-electron chi connectivity index (χ2n) is 7.10. The number of thioether (sulfide) groups is 1. The van der Waals surface area contributed by atoms with Crippen molar-refractivity contribution in [3.05, 3.63) is 132 Å². The summed E-state index contributed by atoms with van der Waals surface area (Å²) in [6.45, 7) is 0. The van der Waals surface area contributed by atoms with Crippen LogP contribution in [0, 0.1) is 0 Å². The van der Waals surface area contributed by atoms with Gasteiger partial charge < -0.3 is 0 Å². The van der Waals surface area contributed by atoms with Gasteiger partial charge in [0.2, 0.25) is 0 Å². The summed E-state index contributed by atoms with van der Waals surface area (Å²) in [7, 11) is 0. The fraction of sp³-hybridized carbons (Fsp3) is 0.0370. The Morgan fingerprint density at radius 3 is 1.61 bits per heavy atom. The zero-order valence-corrected chi connectivity index (χ0v) is 17.7. The molecule has 150 valence electrons. The van der Waals surface area contributed by atoms with E-state index in [4.69, 9.17) is 9.98 Å². The predicted molar refractivity (Wildman–Crippen MR) is 132 cm³/mol. The second kappa shape index (κ2) is 9.02. The van der Waals surface area contributed by atoms with Gasteiger partial charge in [-0.05, 0) is 29.8 Å². The number of rotatable bonds is 4. The van der Waals surface area contributed by atoms with Crippen LogP contribution in [0.25, 0.3) is 0 Å². The maximum atomic E-state index is 5.04. The third-order valence-electron chi connectivity index (χ3n) is 4.99.